The smallest absolute Gasteiger partial charge is 0.144 e. The highest BCUT2D eigenvalue weighted by Crippen LogP contribution is 2.20. The average molecular weight is 301 g/mol. The van der Waals surface area contributed by atoms with E-state index in [9.17, 15) is 9.50 Å². The Hall–Kier alpha value is -2.42. The monoisotopic (exact) mass is 301 g/mol. The van der Waals surface area contributed by atoms with Gasteiger partial charge in [0.2, 0.25) is 0 Å². The van der Waals surface area contributed by atoms with Crippen LogP contribution in [0.25, 0.3) is 0 Å². The number of aliphatic hydroxyl groups excluding tert-OH is 1. The van der Waals surface area contributed by atoms with Gasteiger partial charge in [-0.3, -0.25) is 0 Å². The maximum atomic E-state index is 13.4. The number of rotatable bonds is 7. The molecule has 1 N–H and O–H groups in total. The van der Waals surface area contributed by atoms with Gasteiger partial charge < -0.3 is 14.6 Å². The number of ether oxygens (including phenoxy) is 2. The molecular weight excluding hydrogens is 285 g/mol. The molecule has 2 aromatic carbocycles. The van der Waals surface area contributed by atoms with E-state index in [2.05, 4.69) is 0 Å². The maximum absolute atomic E-state index is 13.4. The highest BCUT2D eigenvalue weighted by molar-refractivity contribution is 5.43. The summed E-state index contributed by atoms with van der Waals surface area (Å²) in [5.41, 5.74) is 0.840. The van der Waals surface area contributed by atoms with Crippen molar-refractivity contribution in [1.82, 2.24) is 0 Å². The van der Waals surface area contributed by atoms with Gasteiger partial charge in [-0.15, -0.1) is 0 Å². The summed E-state index contributed by atoms with van der Waals surface area (Å²) in [6.45, 7) is 0.403. The Kier molecular flexibility index (Phi) is 5.90. The zero-order valence-corrected chi connectivity index (χ0v) is 11.9. The van der Waals surface area contributed by atoms with E-state index in [-0.39, 0.29) is 24.5 Å². The molecule has 0 saturated heterocycles. The Morgan fingerprint density at radius 1 is 1.09 bits per heavy atom. The number of halogens is 1. The first-order chi connectivity index (χ1) is 10.7. The quantitative estimate of drug-likeness (QED) is 0.854. The second kappa shape index (κ2) is 8.13. The Morgan fingerprint density at radius 3 is 2.59 bits per heavy atom. The van der Waals surface area contributed by atoms with Crippen molar-refractivity contribution in [2.75, 3.05) is 13.2 Å². The molecule has 4 nitrogen and oxygen atoms in total. The lowest BCUT2D eigenvalue weighted by Gasteiger charge is -2.13. The van der Waals surface area contributed by atoms with Crippen LogP contribution in [0.2, 0.25) is 0 Å². The van der Waals surface area contributed by atoms with Gasteiger partial charge in [-0.25, -0.2) is 4.39 Å². The van der Waals surface area contributed by atoms with E-state index in [4.69, 9.17) is 14.7 Å². The van der Waals surface area contributed by atoms with Crippen molar-refractivity contribution < 1.29 is 19.0 Å². The molecule has 0 saturated carbocycles. The number of aliphatic hydroxyl groups is 1. The second-order valence-corrected chi connectivity index (χ2v) is 4.69. The SMILES string of the molecule is N#Cc1c(F)cccc1OCC(O)COCc1ccccc1. The molecule has 2 aromatic rings. The molecule has 0 fully saturated rings. The predicted octanol–water partition coefficient (Wildman–Crippen LogP) is 2.65. The van der Waals surface area contributed by atoms with Crippen LogP contribution in [0.1, 0.15) is 11.1 Å². The number of nitrogens with zero attached hydrogens (tertiary/aromatic N) is 1. The molecule has 1 unspecified atom stereocenters. The Labute approximate surface area is 128 Å². The summed E-state index contributed by atoms with van der Waals surface area (Å²) >= 11 is 0. The minimum Gasteiger partial charge on any atom is -0.489 e. The lowest BCUT2D eigenvalue weighted by atomic mass is 10.2. The largest absolute Gasteiger partial charge is 0.489 e. The Balaban J connectivity index is 1.77. The van der Waals surface area contributed by atoms with Crippen molar-refractivity contribution in [1.29, 1.82) is 5.26 Å². The third-order valence-corrected chi connectivity index (χ3v) is 2.94. The van der Waals surface area contributed by atoms with Crippen LogP contribution in [0.15, 0.2) is 48.5 Å². The van der Waals surface area contributed by atoms with Crippen LogP contribution in [0.4, 0.5) is 4.39 Å². The van der Waals surface area contributed by atoms with Crippen LogP contribution < -0.4 is 4.74 Å². The number of hydrogen-bond donors (Lipinski definition) is 1. The summed E-state index contributed by atoms with van der Waals surface area (Å²) in [4.78, 5) is 0. The van der Waals surface area contributed by atoms with Crippen LogP contribution in [0, 0.1) is 17.1 Å². The molecule has 22 heavy (non-hydrogen) atoms. The Morgan fingerprint density at radius 2 is 1.86 bits per heavy atom. The lowest BCUT2D eigenvalue weighted by molar-refractivity contribution is 0.00539. The van der Waals surface area contributed by atoms with Crippen molar-refractivity contribution in [3.05, 3.63) is 65.5 Å². The van der Waals surface area contributed by atoms with E-state index >= 15 is 0 Å². The molecule has 0 aromatic heterocycles. The van der Waals surface area contributed by atoms with Crippen LogP contribution in [0.5, 0.6) is 5.75 Å². The fourth-order valence-corrected chi connectivity index (χ4v) is 1.85. The Bertz CT molecular complexity index is 640. The second-order valence-electron chi connectivity index (χ2n) is 4.69. The minimum atomic E-state index is -0.862. The van der Waals surface area contributed by atoms with Gasteiger partial charge >= 0.3 is 0 Å². The van der Waals surface area contributed by atoms with Gasteiger partial charge in [-0.05, 0) is 17.7 Å². The summed E-state index contributed by atoms with van der Waals surface area (Å²) in [7, 11) is 0. The number of nitriles is 1. The molecule has 1 atom stereocenters. The topological polar surface area (TPSA) is 62.5 Å². The third kappa shape index (κ3) is 4.55. The number of benzene rings is 2. The van der Waals surface area contributed by atoms with Gasteiger partial charge in [0.05, 0.1) is 13.2 Å². The fraction of sp³-hybridized carbons (Fsp3) is 0.235. The van der Waals surface area contributed by atoms with Crippen molar-refractivity contribution in [2.45, 2.75) is 12.7 Å². The predicted molar refractivity (Wildman–Crippen MR) is 78.7 cm³/mol. The molecule has 0 aliphatic rings. The molecule has 114 valence electrons. The van der Waals surface area contributed by atoms with E-state index in [0.717, 1.165) is 5.56 Å². The van der Waals surface area contributed by atoms with Crippen molar-refractivity contribution in [2.24, 2.45) is 0 Å². The summed E-state index contributed by atoms with van der Waals surface area (Å²) in [5, 5.41) is 18.7. The van der Waals surface area contributed by atoms with Crippen LogP contribution >= 0.6 is 0 Å². The molecule has 0 heterocycles. The van der Waals surface area contributed by atoms with E-state index in [1.165, 1.54) is 18.2 Å². The van der Waals surface area contributed by atoms with E-state index in [0.29, 0.717) is 6.61 Å². The summed E-state index contributed by atoms with van der Waals surface area (Å²) < 4.78 is 24.0. The standard InChI is InChI=1S/C17H16FNO3/c18-16-7-4-8-17(15(16)9-19)22-12-14(20)11-21-10-13-5-2-1-3-6-13/h1-8,14,20H,10-12H2. The minimum absolute atomic E-state index is 0.0765. The first kappa shape index (κ1) is 16.0. The third-order valence-electron chi connectivity index (χ3n) is 2.94. The van der Waals surface area contributed by atoms with Crippen molar-refractivity contribution >= 4 is 0 Å². The summed E-state index contributed by atoms with van der Waals surface area (Å²) in [5.74, 6) is -0.528. The van der Waals surface area contributed by atoms with E-state index in [1.807, 2.05) is 30.3 Å². The van der Waals surface area contributed by atoms with Crippen molar-refractivity contribution in [3.8, 4) is 11.8 Å². The van der Waals surface area contributed by atoms with E-state index < -0.39 is 11.9 Å². The maximum Gasteiger partial charge on any atom is 0.144 e. The molecule has 0 radical (unpaired) electrons. The van der Waals surface area contributed by atoms with Gasteiger partial charge in [-0.2, -0.15) is 5.26 Å². The molecular formula is C17H16FNO3. The molecule has 0 aliphatic heterocycles. The molecule has 2 rings (SSSR count). The lowest BCUT2D eigenvalue weighted by Crippen LogP contribution is -2.23. The van der Waals surface area contributed by atoms with Gasteiger partial charge in [0, 0.05) is 0 Å². The van der Waals surface area contributed by atoms with Crippen LogP contribution in [-0.4, -0.2) is 24.4 Å². The highest BCUT2D eigenvalue weighted by Gasteiger charge is 2.11. The van der Waals surface area contributed by atoms with Gasteiger partial charge in [0.15, 0.2) is 0 Å². The first-order valence-corrected chi connectivity index (χ1v) is 6.82. The van der Waals surface area contributed by atoms with Crippen LogP contribution in [0.3, 0.4) is 0 Å². The highest BCUT2D eigenvalue weighted by atomic mass is 19.1. The molecule has 0 bridgehead atoms. The van der Waals surface area contributed by atoms with Gasteiger partial charge in [0.25, 0.3) is 0 Å². The molecule has 5 heteroatoms. The molecule has 0 amide bonds. The zero-order chi connectivity index (χ0) is 15.8. The molecule has 0 spiro atoms. The van der Waals surface area contributed by atoms with Crippen molar-refractivity contribution in [3.63, 3.8) is 0 Å². The normalized spacial score (nSPS) is 11.7. The van der Waals surface area contributed by atoms with Gasteiger partial charge in [-0.1, -0.05) is 36.4 Å². The first-order valence-electron chi connectivity index (χ1n) is 6.82. The van der Waals surface area contributed by atoms with Gasteiger partial charge in [0.1, 0.15) is 35.9 Å². The van der Waals surface area contributed by atoms with Crippen LogP contribution in [-0.2, 0) is 11.3 Å². The zero-order valence-electron chi connectivity index (χ0n) is 11.9. The van der Waals surface area contributed by atoms with E-state index in [1.54, 1.807) is 6.07 Å². The summed E-state index contributed by atoms with van der Waals surface area (Å²) in [6, 6.07) is 15.4. The fourth-order valence-electron chi connectivity index (χ4n) is 1.85. The molecule has 0 aliphatic carbocycles. The number of hydrogen-bond acceptors (Lipinski definition) is 4. The average Bonchev–Trinajstić information content (AvgIpc) is 2.54. The summed E-state index contributed by atoms with van der Waals surface area (Å²) in [6.07, 6.45) is -0.862.